The van der Waals surface area contributed by atoms with E-state index in [1.54, 1.807) is 6.92 Å². The van der Waals surface area contributed by atoms with Crippen LogP contribution in [-0.4, -0.2) is 45.5 Å². The number of carbonyl (C=O) groups is 1. The molecule has 1 unspecified atom stereocenters. The van der Waals surface area contributed by atoms with Gasteiger partial charge in [-0.3, -0.25) is 4.79 Å². The van der Waals surface area contributed by atoms with E-state index in [-0.39, 0.29) is 23.1 Å². The van der Waals surface area contributed by atoms with Gasteiger partial charge in [-0.25, -0.2) is 8.42 Å². The highest BCUT2D eigenvalue weighted by Gasteiger charge is 2.49. The number of rotatable bonds is 4. The Kier molecular flexibility index (Phi) is 4.20. The molecular formula is C13H24N2O3S. The number of sulfone groups is 1. The fourth-order valence-electron chi connectivity index (χ4n) is 3.55. The van der Waals surface area contributed by atoms with Gasteiger partial charge in [-0.2, -0.15) is 0 Å². The van der Waals surface area contributed by atoms with Gasteiger partial charge in [-0.1, -0.05) is 12.8 Å². The number of carbonyl (C=O) groups excluding carboxylic acids is 1. The molecule has 0 spiro atoms. The number of nitrogens with one attached hydrogen (secondary N) is 2. The van der Waals surface area contributed by atoms with Crippen molar-refractivity contribution < 1.29 is 13.2 Å². The standard InChI is InChI=1S/C13H24N2O3S/c1-10(8-19(2,17)18)15-12(16)13-6-4-3-5-11(13)7-14-9-13/h10-11,14H,3-9H2,1-2H3,(H,15,16)/t10?,11-,13+/m0/s1. The maximum atomic E-state index is 12.6. The van der Waals surface area contributed by atoms with E-state index in [0.29, 0.717) is 5.92 Å². The van der Waals surface area contributed by atoms with Crippen LogP contribution < -0.4 is 10.6 Å². The van der Waals surface area contributed by atoms with Crippen molar-refractivity contribution in [3.05, 3.63) is 0 Å². The Hall–Kier alpha value is -0.620. The topological polar surface area (TPSA) is 75.3 Å². The lowest BCUT2D eigenvalue weighted by atomic mass is 9.67. The first-order chi connectivity index (χ1) is 8.83. The maximum Gasteiger partial charge on any atom is 0.228 e. The Bertz CT molecular complexity index is 449. The number of fused-ring (bicyclic) bond motifs is 1. The molecule has 6 heteroatoms. The molecule has 2 N–H and O–H groups in total. The fraction of sp³-hybridized carbons (Fsp3) is 0.923. The van der Waals surface area contributed by atoms with Crippen molar-refractivity contribution in [3.8, 4) is 0 Å². The fourth-order valence-corrected chi connectivity index (χ4v) is 4.55. The summed E-state index contributed by atoms with van der Waals surface area (Å²) < 4.78 is 22.5. The quantitative estimate of drug-likeness (QED) is 0.781. The molecular weight excluding hydrogens is 264 g/mol. The Labute approximate surface area is 115 Å². The average molecular weight is 288 g/mol. The van der Waals surface area contributed by atoms with E-state index >= 15 is 0 Å². The molecule has 5 nitrogen and oxygen atoms in total. The zero-order valence-electron chi connectivity index (χ0n) is 11.7. The van der Waals surface area contributed by atoms with Crippen LogP contribution in [0.3, 0.4) is 0 Å². The van der Waals surface area contributed by atoms with Gasteiger partial charge >= 0.3 is 0 Å². The van der Waals surface area contributed by atoms with Gasteiger partial charge in [0.05, 0.1) is 11.2 Å². The van der Waals surface area contributed by atoms with Gasteiger partial charge in [-0.15, -0.1) is 0 Å². The molecule has 1 aliphatic heterocycles. The number of amides is 1. The van der Waals surface area contributed by atoms with Crippen molar-refractivity contribution in [1.29, 1.82) is 0 Å². The van der Waals surface area contributed by atoms with Gasteiger partial charge in [-0.05, 0) is 32.2 Å². The predicted octanol–water partition coefficient (Wildman–Crippen LogP) is 0.316. The van der Waals surface area contributed by atoms with Gasteiger partial charge < -0.3 is 10.6 Å². The van der Waals surface area contributed by atoms with E-state index in [2.05, 4.69) is 10.6 Å². The van der Waals surface area contributed by atoms with Crippen LogP contribution in [0.4, 0.5) is 0 Å². The van der Waals surface area contributed by atoms with E-state index in [4.69, 9.17) is 0 Å². The van der Waals surface area contributed by atoms with Crippen LogP contribution in [0.5, 0.6) is 0 Å². The van der Waals surface area contributed by atoms with Gasteiger partial charge in [0.2, 0.25) is 5.91 Å². The molecule has 2 rings (SSSR count). The van der Waals surface area contributed by atoms with Gasteiger partial charge in [0, 0.05) is 18.8 Å². The van der Waals surface area contributed by atoms with Crippen LogP contribution in [0.1, 0.15) is 32.6 Å². The lowest BCUT2D eigenvalue weighted by Gasteiger charge is -2.37. The summed E-state index contributed by atoms with van der Waals surface area (Å²) in [6.45, 7) is 3.40. The van der Waals surface area contributed by atoms with Crippen LogP contribution in [0.25, 0.3) is 0 Å². The van der Waals surface area contributed by atoms with Crippen LogP contribution in [0.2, 0.25) is 0 Å². The van der Waals surface area contributed by atoms with Crippen molar-refractivity contribution in [1.82, 2.24) is 10.6 Å². The number of hydrogen-bond acceptors (Lipinski definition) is 4. The normalized spacial score (nSPS) is 32.6. The highest BCUT2D eigenvalue weighted by Crippen LogP contribution is 2.43. The summed E-state index contributed by atoms with van der Waals surface area (Å²) in [6.07, 6.45) is 5.50. The Morgan fingerprint density at radius 3 is 2.89 bits per heavy atom. The van der Waals surface area contributed by atoms with Crippen molar-refractivity contribution >= 4 is 15.7 Å². The molecule has 0 aromatic heterocycles. The summed E-state index contributed by atoms with van der Waals surface area (Å²) >= 11 is 0. The second-order valence-corrected chi connectivity index (χ2v) is 8.38. The molecule has 0 aromatic rings. The molecule has 0 bridgehead atoms. The molecule has 1 amide bonds. The third kappa shape index (κ3) is 3.28. The molecule has 2 fully saturated rings. The molecule has 1 saturated heterocycles. The summed E-state index contributed by atoms with van der Waals surface area (Å²) in [5, 5.41) is 6.24. The lowest BCUT2D eigenvalue weighted by molar-refractivity contribution is -0.134. The van der Waals surface area contributed by atoms with E-state index in [0.717, 1.165) is 32.4 Å². The van der Waals surface area contributed by atoms with Crippen molar-refractivity contribution in [2.24, 2.45) is 11.3 Å². The first kappa shape index (κ1) is 14.8. The Balaban J connectivity index is 2.02. The molecule has 3 atom stereocenters. The summed E-state index contributed by atoms with van der Waals surface area (Å²) in [5.41, 5.74) is -0.302. The van der Waals surface area contributed by atoms with E-state index in [9.17, 15) is 13.2 Å². The third-order valence-electron chi connectivity index (χ3n) is 4.42. The molecule has 1 aliphatic carbocycles. The molecule has 0 aromatic carbocycles. The minimum Gasteiger partial charge on any atom is -0.352 e. The first-order valence-electron chi connectivity index (χ1n) is 7.03. The maximum absolute atomic E-state index is 12.6. The Morgan fingerprint density at radius 1 is 1.47 bits per heavy atom. The highest BCUT2D eigenvalue weighted by atomic mass is 32.2. The third-order valence-corrected chi connectivity index (χ3v) is 5.53. The van der Waals surface area contributed by atoms with Crippen LogP contribution in [0, 0.1) is 11.3 Å². The highest BCUT2D eigenvalue weighted by molar-refractivity contribution is 7.90. The summed E-state index contributed by atoms with van der Waals surface area (Å²) in [5.74, 6) is 0.456. The average Bonchev–Trinajstić information content (AvgIpc) is 2.70. The zero-order valence-corrected chi connectivity index (χ0v) is 12.6. The smallest absolute Gasteiger partial charge is 0.228 e. The SMILES string of the molecule is CC(CS(C)(=O)=O)NC(=O)[C@@]12CCCC[C@H]1CNC2. The van der Waals surface area contributed by atoms with Gasteiger partial charge in [0.15, 0.2) is 0 Å². The molecule has 1 saturated carbocycles. The Morgan fingerprint density at radius 2 is 2.21 bits per heavy atom. The number of hydrogen-bond donors (Lipinski definition) is 2. The summed E-state index contributed by atoms with van der Waals surface area (Å²) in [4.78, 5) is 12.6. The molecule has 110 valence electrons. The van der Waals surface area contributed by atoms with E-state index in [1.165, 1.54) is 12.7 Å². The molecule has 0 radical (unpaired) electrons. The molecule has 1 heterocycles. The van der Waals surface area contributed by atoms with Gasteiger partial charge in [0.25, 0.3) is 0 Å². The van der Waals surface area contributed by atoms with E-state index < -0.39 is 9.84 Å². The minimum atomic E-state index is -3.05. The predicted molar refractivity (Wildman–Crippen MR) is 74.6 cm³/mol. The first-order valence-corrected chi connectivity index (χ1v) is 9.09. The van der Waals surface area contributed by atoms with Crippen molar-refractivity contribution in [2.45, 2.75) is 38.6 Å². The molecule has 2 aliphatic rings. The van der Waals surface area contributed by atoms with Crippen LogP contribution in [0.15, 0.2) is 0 Å². The summed E-state index contributed by atoms with van der Waals surface area (Å²) in [7, 11) is -3.05. The lowest BCUT2D eigenvalue weighted by Crippen LogP contribution is -2.51. The summed E-state index contributed by atoms with van der Waals surface area (Å²) in [6, 6.07) is -0.319. The second kappa shape index (κ2) is 5.40. The van der Waals surface area contributed by atoms with Crippen molar-refractivity contribution in [2.75, 3.05) is 25.1 Å². The van der Waals surface area contributed by atoms with Crippen LogP contribution >= 0.6 is 0 Å². The van der Waals surface area contributed by atoms with E-state index in [1.807, 2.05) is 0 Å². The van der Waals surface area contributed by atoms with Crippen LogP contribution in [-0.2, 0) is 14.6 Å². The van der Waals surface area contributed by atoms with Gasteiger partial charge in [0.1, 0.15) is 9.84 Å². The van der Waals surface area contributed by atoms with Crippen molar-refractivity contribution in [3.63, 3.8) is 0 Å². The monoisotopic (exact) mass is 288 g/mol. The minimum absolute atomic E-state index is 0.00686. The zero-order chi connectivity index (χ0) is 14.1. The second-order valence-electron chi connectivity index (χ2n) is 6.20. The largest absolute Gasteiger partial charge is 0.352 e. The molecule has 19 heavy (non-hydrogen) atoms.